The van der Waals surface area contributed by atoms with Crippen LogP contribution in [0.25, 0.3) is 11.1 Å². The summed E-state index contributed by atoms with van der Waals surface area (Å²) in [6.07, 6.45) is 0. The van der Waals surface area contributed by atoms with Crippen molar-refractivity contribution in [2.24, 2.45) is 0 Å². The van der Waals surface area contributed by atoms with Crippen LogP contribution < -0.4 is 9.47 Å². The molecule has 3 heteroatoms. The molecular weight excluding hydrogens is 228 g/mol. The number of hydrogen-bond donors (Lipinski definition) is 1. The Labute approximate surface area is 107 Å². The maximum absolute atomic E-state index is 9.99. The highest BCUT2D eigenvalue weighted by Gasteiger charge is 2.08. The van der Waals surface area contributed by atoms with Gasteiger partial charge in [0.2, 0.25) is 0 Å². The van der Waals surface area contributed by atoms with Crippen LogP contribution in [0.2, 0.25) is 0 Å². The summed E-state index contributed by atoms with van der Waals surface area (Å²) in [6, 6.07) is 11.1. The first-order chi connectivity index (χ1) is 8.63. The third kappa shape index (κ3) is 2.40. The molecule has 0 aliphatic heterocycles. The summed E-state index contributed by atoms with van der Waals surface area (Å²) in [4.78, 5) is 0. The summed E-state index contributed by atoms with van der Waals surface area (Å²) in [6.45, 7) is 1.94. The van der Waals surface area contributed by atoms with Gasteiger partial charge in [-0.25, -0.2) is 0 Å². The molecule has 1 N–H and O–H groups in total. The molecule has 0 spiro atoms. The molecule has 0 fully saturated rings. The van der Waals surface area contributed by atoms with Gasteiger partial charge in [-0.1, -0.05) is 12.1 Å². The van der Waals surface area contributed by atoms with E-state index in [1.807, 2.05) is 31.2 Å². The predicted octanol–water partition coefficient (Wildman–Crippen LogP) is 3.38. The molecule has 2 rings (SSSR count). The van der Waals surface area contributed by atoms with E-state index in [1.165, 1.54) is 0 Å². The van der Waals surface area contributed by atoms with E-state index in [-0.39, 0.29) is 5.75 Å². The van der Waals surface area contributed by atoms with Crippen molar-refractivity contribution in [2.75, 3.05) is 14.2 Å². The SMILES string of the molecule is COc1cc(OC)cc(-c2ccc(C)cc2O)c1. The lowest BCUT2D eigenvalue weighted by Crippen LogP contribution is -1.89. The normalized spacial score (nSPS) is 10.2. The van der Waals surface area contributed by atoms with Crippen LogP contribution in [-0.4, -0.2) is 19.3 Å². The molecule has 0 amide bonds. The number of aryl methyl sites for hydroxylation is 1. The van der Waals surface area contributed by atoms with E-state index in [0.29, 0.717) is 11.5 Å². The minimum Gasteiger partial charge on any atom is -0.507 e. The van der Waals surface area contributed by atoms with E-state index in [1.54, 1.807) is 26.4 Å². The Morgan fingerprint density at radius 3 is 2.00 bits per heavy atom. The van der Waals surface area contributed by atoms with Gasteiger partial charge in [-0.2, -0.15) is 0 Å². The van der Waals surface area contributed by atoms with Gasteiger partial charge in [-0.05, 0) is 36.2 Å². The fraction of sp³-hybridized carbons (Fsp3) is 0.200. The zero-order valence-corrected chi connectivity index (χ0v) is 10.7. The quantitative estimate of drug-likeness (QED) is 0.899. The summed E-state index contributed by atoms with van der Waals surface area (Å²) in [7, 11) is 3.21. The first kappa shape index (κ1) is 12.3. The van der Waals surface area contributed by atoms with Gasteiger partial charge in [0.25, 0.3) is 0 Å². The Morgan fingerprint density at radius 1 is 0.889 bits per heavy atom. The molecular formula is C15H16O3. The summed E-state index contributed by atoms with van der Waals surface area (Å²) in [5.41, 5.74) is 2.65. The minimum absolute atomic E-state index is 0.255. The van der Waals surface area contributed by atoms with Gasteiger partial charge in [0, 0.05) is 11.6 Å². The number of methoxy groups -OCH3 is 2. The third-order valence-corrected chi connectivity index (χ3v) is 2.82. The van der Waals surface area contributed by atoms with Crippen LogP contribution >= 0.6 is 0 Å². The van der Waals surface area contributed by atoms with Gasteiger partial charge >= 0.3 is 0 Å². The molecule has 3 nitrogen and oxygen atoms in total. The van der Waals surface area contributed by atoms with E-state index < -0.39 is 0 Å². The molecule has 94 valence electrons. The second kappa shape index (κ2) is 5.00. The fourth-order valence-corrected chi connectivity index (χ4v) is 1.85. The monoisotopic (exact) mass is 244 g/mol. The fourth-order valence-electron chi connectivity index (χ4n) is 1.85. The summed E-state index contributed by atoms with van der Waals surface area (Å²) in [5, 5.41) is 9.99. The van der Waals surface area contributed by atoms with Crippen LogP contribution in [0.3, 0.4) is 0 Å². The molecule has 0 aliphatic carbocycles. The van der Waals surface area contributed by atoms with Crippen LogP contribution in [0.5, 0.6) is 17.2 Å². The average molecular weight is 244 g/mol. The molecule has 0 unspecified atom stereocenters. The number of phenols is 1. The van der Waals surface area contributed by atoms with Gasteiger partial charge in [0.1, 0.15) is 17.2 Å². The molecule has 18 heavy (non-hydrogen) atoms. The Hall–Kier alpha value is -2.16. The number of phenolic OH excluding ortho intramolecular Hbond substituents is 1. The second-order valence-corrected chi connectivity index (χ2v) is 4.12. The summed E-state index contributed by atoms with van der Waals surface area (Å²) in [5.74, 6) is 1.65. The van der Waals surface area contributed by atoms with Crippen LogP contribution in [0.4, 0.5) is 0 Å². The first-order valence-corrected chi connectivity index (χ1v) is 5.67. The van der Waals surface area contributed by atoms with Gasteiger partial charge in [0.05, 0.1) is 14.2 Å². The Kier molecular flexibility index (Phi) is 3.42. The highest BCUT2D eigenvalue weighted by atomic mass is 16.5. The van der Waals surface area contributed by atoms with Crippen LogP contribution in [0.1, 0.15) is 5.56 Å². The molecule has 2 aromatic carbocycles. The maximum atomic E-state index is 9.99. The maximum Gasteiger partial charge on any atom is 0.123 e. The zero-order chi connectivity index (χ0) is 13.1. The lowest BCUT2D eigenvalue weighted by Gasteiger charge is -2.10. The third-order valence-electron chi connectivity index (χ3n) is 2.82. The second-order valence-electron chi connectivity index (χ2n) is 4.12. The molecule has 0 saturated carbocycles. The highest BCUT2D eigenvalue weighted by Crippen LogP contribution is 2.34. The molecule has 0 saturated heterocycles. The van der Waals surface area contributed by atoms with E-state index in [0.717, 1.165) is 16.7 Å². The largest absolute Gasteiger partial charge is 0.507 e. The molecule has 2 aromatic rings. The summed E-state index contributed by atoms with van der Waals surface area (Å²) < 4.78 is 10.4. The number of hydrogen-bond acceptors (Lipinski definition) is 3. The van der Waals surface area contributed by atoms with Crippen molar-refractivity contribution in [3.05, 3.63) is 42.0 Å². The van der Waals surface area contributed by atoms with Crippen LogP contribution in [0, 0.1) is 6.92 Å². The number of rotatable bonds is 3. The Bertz CT molecular complexity index is 539. The van der Waals surface area contributed by atoms with Crippen LogP contribution in [-0.2, 0) is 0 Å². The molecule has 0 heterocycles. The van der Waals surface area contributed by atoms with Crippen molar-refractivity contribution in [3.8, 4) is 28.4 Å². The number of benzene rings is 2. The molecule has 0 aliphatic rings. The van der Waals surface area contributed by atoms with Crippen molar-refractivity contribution in [1.82, 2.24) is 0 Å². The zero-order valence-electron chi connectivity index (χ0n) is 10.7. The molecule has 0 atom stereocenters. The van der Waals surface area contributed by atoms with E-state index in [9.17, 15) is 5.11 Å². The van der Waals surface area contributed by atoms with Crippen molar-refractivity contribution in [1.29, 1.82) is 0 Å². The van der Waals surface area contributed by atoms with Gasteiger partial charge in [-0.3, -0.25) is 0 Å². The standard InChI is InChI=1S/C15H16O3/c1-10-4-5-14(15(16)6-10)11-7-12(17-2)9-13(8-11)18-3/h4-9,16H,1-3H3. The van der Waals surface area contributed by atoms with Gasteiger partial charge in [0.15, 0.2) is 0 Å². The minimum atomic E-state index is 0.255. The number of ether oxygens (including phenoxy) is 2. The van der Waals surface area contributed by atoms with Gasteiger partial charge < -0.3 is 14.6 Å². The first-order valence-electron chi connectivity index (χ1n) is 5.67. The van der Waals surface area contributed by atoms with E-state index >= 15 is 0 Å². The summed E-state index contributed by atoms with van der Waals surface area (Å²) >= 11 is 0. The van der Waals surface area contributed by atoms with E-state index in [4.69, 9.17) is 9.47 Å². The van der Waals surface area contributed by atoms with Crippen molar-refractivity contribution in [3.63, 3.8) is 0 Å². The number of aromatic hydroxyl groups is 1. The molecule has 0 radical (unpaired) electrons. The lowest BCUT2D eigenvalue weighted by molar-refractivity contribution is 0.394. The van der Waals surface area contributed by atoms with Crippen molar-refractivity contribution >= 4 is 0 Å². The van der Waals surface area contributed by atoms with E-state index in [2.05, 4.69) is 0 Å². The molecule has 0 aromatic heterocycles. The average Bonchev–Trinajstić information content (AvgIpc) is 2.38. The Morgan fingerprint density at radius 2 is 1.50 bits per heavy atom. The predicted molar refractivity (Wildman–Crippen MR) is 71.4 cm³/mol. The highest BCUT2D eigenvalue weighted by molar-refractivity contribution is 5.73. The topological polar surface area (TPSA) is 38.7 Å². The molecule has 0 bridgehead atoms. The Balaban J connectivity index is 2.55. The van der Waals surface area contributed by atoms with Gasteiger partial charge in [-0.15, -0.1) is 0 Å². The van der Waals surface area contributed by atoms with Crippen LogP contribution in [0.15, 0.2) is 36.4 Å². The lowest BCUT2D eigenvalue weighted by atomic mass is 10.0. The smallest absolute Gasteiger partial charge is 0.123 e. The van der Waals surface area contributed by atoms with Crippen molar-refractivity contribution in [2.45, 2.75) is 6.92 Å². The van der Waals surface area contributed by atoms with Crippen molar-refractivity contribution < 1.29 is 14.6 Å².